The first kappa shape index (κ1) is 15.3. The van der Waals surface area contributed by atoms with Crippen molar-refractivity contribution in [2.75, 3.05) is 18.2 Å². The van der Waals surface area contributed by atoms with Gasteiger partial charge in [0.25, 0.3) is 0 Å². The van der Waals surface area contributed by atoms with Gasteiger partial charge in [-0.3, -0.25) is 0 Å². The predicted molar refractivity (Wildman–Crippen MR) is 85.6 cm³/mol. The van der Waals surface area contributed by atoms with Gasteiger partial charge in [-0.1, -0.05) is 32.9 Å². The van der Waals surface area contributed by atoms with Crippen molar-refractivity contribution in [1.29, 1.82) is 0 Å². The number of nitrogens with zero attached hydrogens (tertiary/aromatic N) is 2. The molecule has 0 amide bonds. The van der Waals surface area contributed by atoms with Crippen LogP contribution in [0.1, 0.15) is 32.2 Å². The summed E-state index contributed by atoms with van der Waals surface area (Å²) in [6.07, 6.45) is 0. The molecule has 0 atom stereocenters. The quantitative estimate of drug-likeness (QED) is 0.902. The summed E-state index contributed by atoms with van der Waals surface area (Å²) in [7, 11) is 1.68. The third kappa shape index (κ3) is 4.16. The van der Waals surface area contributed by atoms with Crippen molar-refractivity contribution < 1.29 is 4.74 Å². The van der Waals surface area contributed by atoms with Gasteiger partial charge in [-0.15, -0.1) is 0 Å². The molecule has 0 saturated carbocycles. The van der Waals surface area contributed by atoms with Crippen LogP contribution in [0.2, 0.25) is 0 Å². The molecule has 0 aliphatic rings. The molecule has 1 aromatic carbocycles. The lowest BCUT2D eigenvalue weighted by Gasteiger charge is -2.18. The molecule has 0 saturated heterocycles. The molecule has 0 bridgehead atoms. The monoisotopic (exact) mass is 286 g/mol. The van der Waals surface area contributed by atoms with E-state index >= 15 is 0 Å². The van der Waals surface area contributed by atoms with Crippen molar-refractivity contribution in [1.82, 2.24) is 9.97 Å². The number of hydrogen-bond acceptors (Lipinski definition) is 5. The van der Waals surface area contributed by atoms with Crippen molar-refractivity contribution in [3.8, 4) is 0 Å². The molecule has 0 fully saturated rings. The van der Waals surface area contributed by atoms with Gasteiger partial charge in [0.2, 0.25) is 0 Å². The molecule has 0 radical (unpaired) electrons. The summed E-state index contributed by atoms with van der Waals surface area (Å²) in [6.45, 7) is 6.76. The van der Waals surface area contributed by atoms with Crippen molar-refractivity contribution in [3.63, 3.8) is 0 Å². The lowest BCUT2D eigenvalue weighted by atomic mass is 9.96. The number of hydrogen-bond donors (Lipinski definition) is 2. The summed E-state index contributed by atoms with van der Waals surface area (Å²) >= 11 is 0. The van der Waals surface area contributed by atoms with Gasteiger partial charge in [-0.2, -0.15) is 0 Å². The maximum absolute atomic E-state index is 5.88. The van der Waals surface area contributed by atoms with Gasteiger partial charge < -0.3 is 15.8 Å². The molecule has 2 aromatic rings. The first-order chi connectivity index (χ1) is 9.88. The van der Waals surface area contributed by atoms with Crippen LogP contribution in [0.25, 0.3) is 0 Å². The zero-order chi connectivity index (χ0) is 15.5. The van der Waals surface area contributed by atoms with E-state index in [2.05, 4.69) is 36.1 Å². The summed E-state index contributed by atoms with van der Waals surface area (Å²) in [5, 5.41) is 3.27. The van der Waals surface area contributed by atoms with Crippen molar-refractivity contribution in [2.45, 2.75) is 32.8 Å². The molecular formula is C16H22N4O. The van der Waals surface area contributed by atoms with E-state index in [0.29, 0.717) is 18.2 Å². The summed E-state index contributed by atoms with van der Waals surface area (Å²) in [5.74, 6) is 1.88. The van der Waals surface area contributed by atoms with E-state index in [4.69, 9.17) is 10.5 Å². The lowest BCUT2D eigenvalue weighted by molar-refractivity contribution is 0.185. The lowest BCUT2D eigenvalue weighted by Crippen LogP contribution is -2.17. The number of nitrogens with one attached hydrogen (secondary N) is 1. The van der Waals surface area contributed by atoms with Gasteiger partial charge in [0.05, 0.1) is 6.61 Å². The zero-order valence-electron chi connectivity index (χ0n) is 13.0. The molecule has 2 rings (SSSR count). The Morgan fingerprint density at radius 2 is 1.95 bits per heavy atom. The molecule has 0 spiro atoms. The fourth-order valence-corrected chi connectivity index (χ4v) is 1.92. The molecule has 3 N–H and O–H groups in total. The topological polar surface area (TPSA) is 73.1 Å². The highest BCUT2D eigenvalue weighted by atomic mass is 16.5. The number of rotatable bonds is 4. The standard InChI is InChI=1S/C16H22N4O/c1-16(2,3)15-19-13(17)9-14(20-15)18-12-7-5-6-11(8-12)10-21-4/h5-9H,10H2,1-4H3,(H3,17,18,19,20). The average molecular weight is 286 g/mol. The van der Waals surface area contributed by atoms with E-state index in [0.717, 1.165) is 17.1 Å². The maximum Gasteiger partial charge on any atom is 0.138 e. The Hall–Kier alpha value is -2.14. The molecule has 5 heteroatoms. The Morgan fingerprint density at radius 3 is 2.62 bits per heavy atom. The van der Waals surface area contributed by atoms with Gasteiger partial charge in [0.15, 0.2) is 0 Å². The Kier molecular flexibility index (Phi) is 4.43. The maximum atomic E-state index is 5.88. The van der Waals surface area contributed by atoms with E-state index in [1.165, 1.54) is 0 Å². The largest absolute Gasteiger partial charge is 0.384 e. The normalized spacial score (nSPS) is 11.4. The van der Waals surface area contributed by atoms with Crippen LogP contribution in [0.5, 0.6) is 0 Å². The summed E-state index contributed by atoms with van der Waals surface area (Å²) in [5.41, 5.74) is 7.77. The van der Waals surface area contributed by atoms with Crippen LogP contribution >= 0.6 is 0 Å². The summed E-state index contributed by atoms with van der Waals surface area (Å²) in [4.78, 5) is 8.84. The third-order valence-electron chi connectivity index (χ3n) is 2.93. The Labute approximate surface area is 125 Å². The number of ether oxygens (including phenoxy) is 1. The SMILES string of the molecule is COCc1cccc(Nc2cc(N)nc(C(C)(C)C)n2)c1. The second-order valence-electron chi connectivity index (χ2n) is 6.01. The average Bonchev–Trinajstić information content (AvgIpc) is 2.38. The van der Waals surface area contributed by atoms with Crippen LogP contribution in [-0.2, 0) is 16.8 Å². The highest BCUT2D eigenvalue weighted by molar-refractivity contribution is 5.59. The molecular weight excluding hydrogens is 264 g/mol. The minimum atomic E-state index is -0.149. The van der Waals surface area contributed by atoms with E-state index in [9.17, 15) is 0 Å². The molecule has 0 aliphatic heterocycles. The highest BCUT2D eigenvalue weighted by Crippen LogP contribution is 2.23. The van der Waals surface area contributed by atoms with Crippen molar-refractivity contribution >= 4 is 17.3 Å². The van der Waals surface area contributed by atoms with Gasteiger partial charge in [-0.25, -0.2) is 9.97 Å². The molecule has 1 aromatic heterocycles. The fourth-order valence-electron chi connectivity index (χ4n) is 1.92. The van der Waals surface area contributed by atoms with Crippen LogP contribution in [-0.4, -0.2) is 17.1 Å². The van der Waals surface area contributed by atoms with Gasteiger partial charge in [0.1, 0.15) is 17.5 Å². The van der Waals surface area contributed by atoms with Gasteiger partial charge >= 0.3 is 0 Å². The van der Waals surface area contributed by atoms with Crippen LogP contribution in [0.15, 0.2) is 30.3 Å². The van der Waals surface area contributed by atoms with Gasteiger partial charge in [0, 0.05) is 24.3 Å². The minimum absolute atomic E-state index is 0.149. The number of nitrogen functional groups attached to an aromatic ring is 1. The van der Waals surface area contributed by atoms with Crippen LogP contribution in [0.3, 0.4) is 0 Å². The van der Waals surface area contributed by atoms with E-state index in [-0.39, 0.29) is 5.41 Å². The number of methoxy groups -OCH3 is 1. The molecule has 1 heterocycles. The first-order valence-electron chi connectivity index (χ1n) is 6.88. The zero-order valence-corrected chi connectivity index (χ0v) is 13.0. The summed E-state index contributed by atoms with van der Waals surface area (Å²) in [6, 6.07) is 9.74. The number of benzene rings is 1. The predicted octanol–water partition coefficient (Wildman–Crippen LogP) is 3.25. The number of anilines is 3. The van der Waals surface area contributed by atoms with E-state index in [1.54, 1.807) is 13.2 Å². The first-order valence-corrected chi connectivity index (χ1v) is 6.88. The van der Waals surface area contributed by atoms with E-state index in [1.807, 2.05) is 24.3 Å². The van der Waals surface area contributed by atoms with Gasteiger partial charge in [-0.05, 0) is 17.7 Å². The smallest absolute Gasteiger partial charge is 0.138 e. The second-order valence-corrected chi connectivity index (χ2v) is 6.01. The number of nitrogens with two attached hydrogens (primary N) is 1. The molecule has 21 heavy (non-hydrogen) atoms. The Bertz CT molecular complexity index is 620. The molecule has 5 nitrogen and oxygen atoms in total. The van der Waals surface area contributed by atoms with E-state index < -0.39 is 0 Å². The van der Waals surface area contributed by atoms with Crippen molar-refractivity contribution in [3.05, 3.63) is 41.7 Å². The Balaban J connectivity index is 2.27. The van der Waals surface area contributed by atoms with Crippen LogP contribution < -0.4 is 11.1 Å². The van der Waals surface area contributed by atoms with Crippen molar-refractivity contribution in [2.24, 2.45) is 0 Å². The number of aromatic nitrogens is 2. The van der Waals surface area contributed by atoms with Crippen LogP contribution in [0, 0.1) is 0 Å². The molecule has 112 valence electrons. The second kappa shape index (κ2) is 6.10. The molecule has 0 unspecified atom stereocenters. The van der Waals surface area contributed by atoms with Crippen LogP contribution in [0.4, 0.5) is 17.3 Å². The molecule has 0 aliphatic carbocycles. The fraction of sp³-hybridized carbons (Fsp3) is 0.375. The Morgan fingerprint density at radius 1 is 1.19 bits per heavy atom. The minimum Gasteiger partial charge on any atom is -0.384 e. The summed E-state index contributed by atoms with van der Waals surface area (Å²) < 4.78 is 5.14. The highest BCUT2D eigenvalue weighted by Gasteiger charge is 2.18. The third-order valence-corrected chi connectivity index (χ3v) is 2.93.